The number of thiophene rings is 1. The van der Waals surface area contributed by atoms with Crippen molar-refractivity contribution in [1.82, 2.24) is 20.2 Å². The van der Waals surface area contributed by atoms with Gasteiger partial charge in [-0.2, -0.15) is 0 Å². The highest BCUT2D eigenvalue weighted by molar-refractivity contribution is 8.00. The van der Waals surface area contributed by atoms with Gasteiger partial charge in [-0.3, -0.25) is 14.4 Å². The van der Waals surface area contributed by atoms with E-state index >= 15 is 0 Å². The van der Waals surface area contributed by atoms with Gasteiger partial charge in [-0.15, -0.1) is 11.3 Å². The first kappa shape index (κ1) is 28.6. The molecule has 2 aromatic heterocycles. The molecule has 1 aliphatic heterocycles. The first-order valence-corrected chi connectivity index (χ1v) is 15.2. The number of fused-ring (bicyclic) bond motifs is 1. The van der Waals surface area contributed by atoms with Crippen LogP contribution in [0.15, 0.2) is 65.8 Å². The smallest absolute Gasteiger partial charge is 0.322 e. The molecule has 1 unspecified atom stereocenters. The number of carboxylic acids is 1. The topological polar surface area (TPSA) is 116 Å². The average Bonchev–Trinajstić information content (AvgIpc) is 3.43. The van der Waals surface area contributed by atoms with E-state index in [-0.39, 0.29) is 11.8 Å². The molecule has 1 aliphatic rings. The van der Waals surface area contributed by atoms with Crippen molar-refractivity contribution in [2.24, 2.45) is 0 Å². The maximum Gasteiger partial charge on any atom is 0.322 e. The summed E-state index contributed by atoms with van der Waals surface area (Å²) in [6.45, 7) is 5.74. The van der Waals surface area contributed by atoms with Crippen LogP contribution in [-0.2, 0) is 16.0 Å². The quantitative estimate of drug-likeness (QED) is 0.216. The van der Waals surface area contributed by atoms with Crippen molar-refractivity contribution < 1.29 is 19.5 Å². The van der Waals surface area contributed by atoms with Gasteiger partial charge in [0.15, 0.2) is 5.16 Å². The van der Waals surface area contributed by atoms with E-state index in [9.17, 15) is 14.4 Å². The minimum absolute atomic E-state index is 0.0124. The predicted octanol–water partition coefficient (Wildman–Crippen LogP) is 4.56. The van der Waals surface area contributed by atoms with Crippen molar-refractivity contribution in [1.29, 1.82) is 0 Å². The van der Waals surface area contributed by atoms with Crippen LogP contribution >= 0.6 is 23.1 Å². The second-order valence-electron chi connectivity index (χ2n) is 9.71. The van der Waals surface area contributed by atoms with Crippen molar-refractivity contribution in [3.8, 4) is 11.1 Å². The number of piperazine rings is 1. The molecule has 41 heavy (non-hydrogen) atoms. The molecule has 9 nitrogen and oxygen atoms in total. The Kier molecular flexibility index (Phi) is 8.84. The number of nitrogens with zero attached hydrogens (tertiary/aromatic N) is 4. The third kappa shape index (κ3) is 6.68. The van der Waals surface area contributed by atoms with Crippen LogP contribution in [0.4, 0.5) is 5.82 Å². The van der Waals surface area contributed by atoms with Gasteiger partial charge in [-0.25, -0.2) is 9.97 Å². The van der Waals surface area contributed by atoms with E-state index in [0.717, 1.165) is 33.6 Å². The summed E-state index contributed by atoms with van der Waals surface area (Å²) in [5.74, 6) is -0.667. The van der Waals surface area contributed by atoms with Crippen molar-refractivity contribution >= 4 is 56.9 Å². The van der Waals surface area contributed by atoms with Gasteiger partial charge in [-0.05, 0) is 42.7 Å². The molecular weight excluding hydrogens is 558 g/mol. The molecule has 0 bridgehead atoms. The number of aryl methyl sites for hydroxylation is 1. The fourth-order valence-electron chi connectivity index (χ4n) is 4.66. The van der Waals surface area contributed by atoms with Crippen LogP contribution < -0.4 is 10.2 Å². The first-order valence-electron chi connectivity index (χ1n) is 13.5. The number of thioether (sulfide) groups is 1. The number of nitrogens with one attached hydrogen (secondary N) is 1. The van der Waals surface area contributed by atoms with Crippen LogP contribution in [-0.4, -0.2) is 75.7 Å². The molecule has 2 amide bonds. The molecule has 2 aromatic carbocycles. The molecule has 1 saturated heterocycles. The third-order valence-electron chi connectivity index (χ3n) is 6.92. The van der Waals surface area contributed by atoms with Gasteiger partial charge in [0.05, 0.1) is 10.6 Å². The zero-order valence-corrected chi connectivity index (χ0v) is 24.5. The summed E-state index contributed by atoms with van der Waals surface area (Å²) in [7, 11) is 0. The van der Waals surface area contributed by atoms with Crippen LogP contribution in [0.1, 0.15) is 29.1 Å². The number of benzene rings is 2. The Labute approximate surface area is 246 Å². The van der Waals surface area contributed by atoms with Crippen molar-refractivity contribution in [2.45, 2.75) is 30.7 Å². The van der Waals surface area contributed by atoms with Gasteiger partial charge in [-0.1, -0.05) is 61.2 Å². The molecule has 0 spiro atoms. The molecule has 5 rings (SSSR count). The maximum absolute atomic E-state index is 13.3. The van der Waals surface area contributed by atoms with E-state index in [0.29, 0.717) is 36.9 Å². The van der Waals surface area contributed by atoms with Crippen LogP contribution in [0.2, 0.25) is 0 Å². The Morgan fingerprint density at radius 3 is 2.34 bits per heavy atom. The molecule has 1 fully saturated rings. The van der Waals surface area contributed by atoms with Crippen LogP contribution in [0.25, 0.3) is 21.3 Å². The summed E-state index contributed by atoms with van der Waals surface area (Å²) in [4.78, 5) is 52.1. The molecule has 0 saturated carbocycles. The number of aromatic nitrogens is 2. The van der Waals surface area contributed by atoms with Gasteiger partial charge in [0.25, 0.3) is 5.91 Å². The molecule has 0 aliphatic carbocycles. The predicted molar refractivity (Wildman–Crippen MR) is 163 cm³/mol. The Bertz CT molecular complexity index is 1550. The molecule has 1 atom stereocenters. The monoisotopic (exact) mass is 589 g/mol. The molecule has 3 heterocycles. The largest absolute Gasteiger partial charge is 0.480 e. The summed E-state index contributed by atoms with van der Waals surface area (Å²) in [6, 6.07) is 20.0. The fraction of sp³-hybridized carbons (Fsp3) is 0.300. The van der Waals surface area contributed by atoms with E-state index in [4.69, 9.17) is 15.1 Å². The van der Waals surface area contributed by atoms with Gasteiger partial charge < -0.3 is 20.2 Å². The molecule has 4 aromatic rings. The minimum Gasteiger partial charge on any atom is -0.480 e. The Balaban J connectivity index is 1.29. The zero-order chi connectivity index (χ0) is 28.9. The van der Waals surface area contributed by atoms with Crippen LogP contribution in [0, 0.1) is 0 Å². The lowest BCUT2D eigenvalue weighted by Gasteiger charge is -2.35. The standard InChI is InChI=1S/C30H31N5O4S2/c1-3-23-17-24-26(32-30(33-28(24)41-23)40-19(2)27(38)31-18-25(36)37)34-13-15-35(16-14-34)29(39)22-11-9-21(10-12-22)20-7-5-4-6-8-20/h4-12,17,19H,3,13-16,18H2,1-2H3,(H,31,38)(H,36,37). The third-order valence-corrected chi connectivity index (χ3v) is 9.06. The molecule has 2 N–H and O–H groups in total. The van der Waals surface area contributed by atoms with Crippen molar-refractivity contribution in [3.05, 3.63) is 71.1 Å². The lowest BCUT2D eigenvalue weighted by molar-refractivity contribution is -0.137. The van der Waals surface area contributed by atoms with E-state index in [2.05, 4.69) is 35.3 Å². The van der Waals surface area contributed by atoms with Crippen LogP contribution in [0.5, 0.6) is 0 Å². The molecule has 212 valence electrons. The number of anilines is 1. The SMILES string of the molecule is CCc1cc2c(N3CCN(C(=O)c4ccc(-c5ccccc5)cc4)CC3)nc(SC(C)C(=O)NCC(=O)O)nc2s1. The number of hydrogen-bond acceptors (Lipinski definition) is 8. The number of amides is 2. The van der Waals surface area contributed by atoms with Gasteiger partial charge in [0.1, 0.15) is 17.2 Å². The lowest BCUT2D eigenvalue weighted by atomic mass is 10.0. The average molecular weight is 590 g/mol. The highest BCUT2D eigenvalue weighted by Crippen LogP contribution is 2.35. The number of carboxylic acid groups (broad SMARTS) is 1. The van der Waals surface area contributed by atoms with Gasteiger partial charge in [0, 0.05) is 36.6 Å². The summed E-state index contributed by atoms with van der Waals surface area (Å²) in [5, 5.41) is 12.1. The molecular formula is C30H31N5O4S2. The van der Waals surface area contributed by atoms with E-state index in [1.54, 1.807) is 18.3 Å². The van der Waals surface area contributed by atoms with Gasteiger partial charge in [0.2, 0.25) is 5.91 Å². The first-order chi connectivity index (χ1) is 19.8. The van der Waals surface area contributed by atoms with Crippen molar-refractivity contribution in [3.63, 3.8) is 0 Å². The van der Waals surface area contributed by atoms with Crippen LogP contribution in [0.3, 0.4) is 0 Å². The Hall–Kier alpha value is -3.96. The Morgan fingerprint density at radius 2 is 1.68 bits per heavy atom. The summed E-state index contributed by atoms with van der Waals surface area (Å²) < 4.78 is 0. The normalized spacial score (nSPS) is 14.2. The molecule has 0 radical (unpaired) electrons. The minimum atomic E-state index is -1.09. The highest BCUT2D eigenvalue weighted by Gasteiger charge is 2.26. The summed E-state index contributed by atoms with van der Waals surface area (Å²) in [5.41, 5.74) is 2.86. The van der Waals surface area contributed by atoms with Gasteiger partial charge >= 0.3 is 5.97 Å². The number of carbonyl (C=O) groups excluding carboxylic acids is 2. The zero-order valence-electron chi connectivity index (χ0n) is 22.9. The van der Waals surface area contributed by atoms with E-state index < -0.39 is 17.8 Å². The fourth-order valence-corrected chi connectivity index (χ4v) is 6.47. The van der Waals surface area contributed by atoms with Crippen molar-refractivity contribution in [2.75, 3.05) is 37.6 Å². The Morgan fingerprint density at radius 1 is 1.00 bits per heavy atom. The highest BCUT2D eigenvalue weighted by atomic mass is 32.2. The number of hydrogen-bond donors (Lipinski definition) is 2. The number of carbonyl (C=O) groups is 3. The summed E-state index contributed by atoms with van der Waals surface area (Å²) in [6.07, 6.45) is 0.877. The van der Waals surface area contributed by atoms with E-state index in [1.807, 2.05) is 47.4 Å². The van der Waals surface area contributed by atoms with E-state index in [1.165, 1.54) is 16.6 Å². The number of aliphatic carboxylic acids is 1. The second-order valence-corrected chi connectivity index (χ2v) is 12.1. The summed E-state index contributed by atoms with van der Waals surface area (Å²) >= 11 is 2.81. The number of rotatable bonds is 9. The lowest BCUT2D eigenvalue weighted by Crippen LogP contribution is -2.49. The molecule has 11 heteroatoms. The maximum atomic E-state index is 13.3. The second kappa shape index (κ2) is 12.7.